The van der Waals surface area contributed by atoms with Gasteiger partial charge < -0.3 is 11.1 Å². The average molecular weight is 247 g/mol. The molecule has 2 aromatic rings. The van der Waals surface area contributed by atoms with Crippen LogP contribution in [0, 0.1) is 6.92 Å². The first-order valence-corrected chi connectivity index (χ1v) is 5.75. The number of hydrogen-bond acceptors (Lipinski definition) is 4. The number of nitrogens with one attached hydrogen (secondary N) is 1. The van der Waals surface area contributed by atoms with Crippen LogP contribution >= 0.6 is 0 Å². The minimum Gasteiger partial charge on any atom is -0.370 e. The van der Waals surface area contributed by atoms with E-state index in [9.17, 15) is 4.79 Å². The topological polar surface area (TPSA) is 85.3 Å². The summed E-state index contributed by atoms with van der Waals surface area (Å²) in [5.41, 5.74) is 6.63. The zero-order valence-electron chi connectivity index (χ0n) is 10.8. The Kier molecular flexibility index (Phi) is 2.94. The third-order valence-corrected chi connectivity index (χ3v) is 2.56. The lowest BCUT2D eigenvalue weighted by Crippen LogP contribution is -2.36. The highest BCUT2D eigenvalue weighted by atomic mass is 16.1. The normalized spacial score (nSPS) is 11.7. The summed E-state index contributed by atoms with van der Waals surface area (Å²) in [7, 11) is 0. The Bertz CT molecular complexity index is 587. The standard InChI is InChI=1S/C12H17N5O/c1-8-4-5-17-10(6-8)14-11(16-17)15-12(2,3)7-9(13)18/h4-6H,7H2,1-3H3,(H2,13,18)(H,15,16). The van der Waals surface area contributed by atoms with E-state index in [-0.39, 0.29) is 12.3 Å². The molecule has 2 rings (SSSR count). The Morgan fingerprint density at radius 3 is 2.94 bits per heavy atom. The van der Waals surface area contributed by atoms with Gasteiger partial charge in [0.2, 0.25) is 11.9 Å². The van der Waals surface area contributed by atoms with Gasteiger partial charge in [-0.15, -0.1) is 5.10 Å². The number of aryl methyl sites for hydroxylation is 1. The lowest BCUT2D eigenvalue weighted by Gasteiger charge is -2.23. The van der Waals surface area contributed by atoms with Gasteiger partial charge in [-0.3, -0.25) is 4.79 Å². The summed E-state index contributed by atoms with van der Waals surface area (Å²) in [6.45, 7) is 5.77. The van der Waals surface area contributed by atoms with Gasteiger partial charge in [0, 0.05) is 18.2 Å². The summed E-state index contributed by atoms with van der Waals surface area (Å²) in [6.07, 6.45) is 2.07. The highest BCUT2D eigenvalue weighted by Gasteiger charge is 2.22. The van der Waals surface area contributed by atoms with Crippen molar-refractivity contribution in [2.45, 2.75) is 32.7 Å². The summed E-state index contributed by atoms with van der Waals surface area (Å²) >= 11 is 0. The van der Waals surface area contributed by atoms with Crippen LogP contribution in [0.1, 0.15) is 25.8 Å². The van der Waals surface area contributed by atoms with Gasteiger partial charge in [-0.25, -0.2) is 4.52 Å². The van der Waals surface area contributed by atoms with Crippen molar-refractivity contribution in [2.75, 3.05) is 5.32 Å². The monoisotopic (exact) mass is 247 g/mol. The lowest BCUT2D eigenvalue weighted by atomic mass is 10.0. The number of carbonyl (C=O) groups excluding carboxylic acids is 1. The van der Waals surface area contributed by atoms with Crippen LogP contribution in [0.2, 0.25) is 0 Å². The molecule has 0 aliphatic carbocycles. The number of aromatic nitrogens is 3. The number of anilines is 1. The van der Waals surface area contributed by atoms with Crippen molar-refractivity contribution in [1.29, 1.82) is 0 Å². The number of hydrogen-bond donors (Lipinski definition) is 2. The fourth-order valence-corrected chi connectivity index (χ4v) is 1.82. The molecular weight excluding hydrogens is 230 g/mol. The van der Waals surface area contributed by atoms with Gasteiger partial charge >= 0.3 is 0 Å². The van der Waals surface area contributed by atoms with Crippen LogP contribution in [0.15, 0.2) is 18.3 Å². The second-order valence-electron chi connectivity index (χ2n) is 5.09. The second kappa shape index (κ2) is 4.29. The maximum atomic E-state index is 11.0. The number of nitrogens with zero attached hydrogens (tertiary/aromatic N) is 3. The van der Waals surface area contributed by atoms with Crippen molar-refractivity contribution in [3.8, 4) is 0 Å². The van der Waals surface area contributed by atoms with Crippen LogP contribution in [0.4, 0.5) is 5.95 Å². The number of pyridine rings is 1. The number of nitrogens with two attached hydrogens (primary N) is 1. The molecule has 1 amide bonds. The molecule has 0 fully saturated rings. The highest BCUT2D eigenvalue weighted by molar-refractivity contribution is 5.75. The largest absolute Gasteiger partial charge is 0.370 e. The van der Waals surface area contributed by atoms with Crippen molar-refractivity contribution in [3.05, 3.63) is 23.9 Å². The molecule has 3 N–H and O–H groups in total. The minimum atomic E-state index is -0.466. The minimum absolute atomic E-state index is 0.224. The van der Waals surface area contributed by atoms with Gasteiger partial charge in [-0.2, -0.15) is 4.98 Å². The van der Waals surface area contributed by atoms with Crippen molar-refractivity contribution in [1.82, 2.24) is 14.6 Å². The Morgan fingerprint density at radius 2 is 2.28 bits per heavy atom. The predicted molar refractivity (Wildman–Crippen MR) is 69.2 cm³/mol. The van der Waals surface area contributed by atoms with Crippen LogP contribution in [0.5, 0.6) is 0 Å². The van der Waals surface area contributed by atoms with Crippen molar-refractivity contribution >= 4 is 17.5 Å². The van der Waals surface area contributed by atoms with Crippen LogP contribution in [0.3, 0.4) is 0 Å². The average Bonchev–Trinajstić information content (AvgIpc) is 2.55. The zero-order valence-corrected chi connectivity index (χ0v) is 10.8. The van der Waals surface area contributed by atoms with E-state index in [0.717, 1.165) is 11.2 Å². The maximum absolute atomic E-state index is 11.0. The Morgan fingerprint density at radius 1 is 1.56 bits per heavy atom. The van der Waals surface area contributed by atoms with E-state index >= 15 is 0 Å². The molecule has 0 aliphatic heterocycles. The molecule has 0 unspecified atom stereocenters. The van der Waals surface area contributed by atoms with E-state index < -0.39 is 5.54 Å². The molecule has 2 aromatic heterocycles. The number of carbonyl (C=O) groups is 1. The highest BCUT2D eigenvalue weighted by Crippen LogP contribution is 2.16. The van der Waals surface area contributed by atoms with Crippen molar-refractivity contribution in [2.24, 2.45) is 5.73 Å². The molecule has 0 saturated heterocycles. The van der Waals surface area contributed by atoms with E-state index in [0.29, 0.717) is 5.95 Å². The Labute approximate surface area is 105 Å². The van der Waals surface area contributed by atoms with Crippen LogP contribution in [-0.2, 0) is 4.79 Å². The molecule has 2 heterocycles. The first-order valence-electron chi connectivity index (χ1n) is 5.75. The van der Waals surface area contributed by atoms with Crippen LogP contribution in [0.25, 0.3) is 5.65 Å². The summed E-state index contributed by atoms with van der Waals surface area (Å²) < 4.78 is 1.69. The molecule has 96 valence electrons. The third-order valence-electron chi connectivity index (χ3n) is 2.56. The van der Waals surface area contributed by atoms with Gasteiger partial charge in [-0.1, -0.05) is 0 Å². The van der Waals surface area contributed by atoms with E-state index in [2.05, 4.69) is 15.4 Å². The number of rotatable bonds is 4. The Hall–Kier alpha value is -2.11. The SMILES string of the molecule is Cc1ccn2nc(NC(C)(C)CC(N)=O)nc2c1. The summed E-state index contributed by atoms with van der Waals surface area (Å²) in [5.74, 6) is 0.138. The third kappa shape index (κ3) is 2.77. The first-order chi connectivity index (χ1) is 8.35. The predicted octanol–water partition coefficient (Wildman–Crippen LogP) is 1.10. The molecule has 6 heteroatoms. The van der Waals surface area contributed by atoms with Crippen LogP contribution < -0.4 is 11.1 Å². The smallest absolute Gasteiger partial charge is 0.243 e. The van der Waals surface area contributed by atoms with Gasteiger partial charge in [0.05, 0.1) is 0 Å². The van der Waals surface area contributed by atoms with Crippen molar-refractivity contribution < 1.29 is 4.79 Å². The van der Waals surface area contributed by atoms with Gasteiger partial charge in [0.1, 0.15) is 0 Å². The molecule has 0 atom stereocenters. The number of fused-ring (bicyclic) bond motifs is 1. The molecule has 18 heavy (non-hydrogen) atoms. The number of amides is 1. The van der Waals surface area contributed by atoms with Crippen LogP contribution in [-0.4, -0.2) is 26.0 Å². The molecule has 0 bridgehead atoms. The fraction of sp³-hybridized carbons (Fsp3) is 0.417. The van der Waals surface area contributed by atoms with E-state index in [4.69, 9.17) is 5.73 Å². The van der Waals surface area contributed by atoms with Gasteiger partial charge in [-0.05, 0) is 38.5 Å². The molecule has 0 radical (unpaired) electrons. The van der Waals surface area contributed by atoms with E-state index in [1.807, 2.05) is 39.1 Å². The van der Waals surface area contributed by atoms with Gasteiger partial charge in [0.25, 0.3) is 0 Å². The fourth-order valence-electron chi connectivity index (χ4n) is 1.82. The lowest BCUT2D eigenvalue weighted by molar-refractivity contribution is -0.118. The quantitative estimate of drug-likeness (QED) is 0.847. The molecule has 0 aliphatic rings. The summed E-state index contributed by atoms with van der Waals surface area (Å²) in [6, 6.07) is 3.90. The maximum Gasteiger partial charge on any atom is 0.243 e. The van der Waals surface area contributed by atoms with Crippen molar-refractivity contribution in [3.63, 3.8) is 0 Å². The second-order valence-corrected chi connectivity index (χ2v) is 5.09. The first kappa shape index (κ1) is 12.3. The molecule has 0 aromatic carbocycles. The summed E-state index contributed by atoms with van der Waals surface area (Å²) in [4.78, 5) is 15.3. The molecular formula is C12H17N5O. The zero-order chi connectivity index (χ0) is 13.3. The molecule has 6 nitrogen and oxygen atoms in total. The number of primary amides is 1. The summed E-state index contributed by atoms with van der Waals surface area (Å²) in [5, 5.41) is 7.40. The molecule has 0 saturated carbocycles. The molecule has 0 spiro atoms. The van der Waals surface area contributed by atoms with Gasteiger partial charge in [0.15, 0.2) is 5.65 Å². The Balaban J connectivity index is 2.24. The van der Waals surface area contributed by atoms with E-state index in [1.54, 1.807) is 4.52 Å². The van der Waals surface area contributed by atoms with E-state index in [1.165, 1.54) is 0 Å².